The van der Waals surface area contributed by atoms with Crippen LogP contribution in [-0.2, 0) is 17.9 Å². The number of rotatable bonds is 6. The summed E-state index contributed by atoms with van der Waals surface area (Å²) in [6.45, 7) is 5.73. The second-order valence-corrected chi connectivity index (χ2v) is 8.59. The van der Waals surface area contributed by atoms with Crippen LogP contribution in [0.25, 0.3) is 0 Å². The van der Waals surface area contributed by atoms with Gasteiger partial charge in [0.1, 0.15) is 0 Å². The van der Waals surface area contributed by atoms with Gasteiger partial charge in [-0.1, -0.05) is 6.07 Å². The molecule has 2 aliphatic rings. The molecular formula is C23H32N6O. The van der Waals surface area contributed by atoms with Crippen molar-refractivity contribution in [2.45, 2.75) is 44.8 Å². The summed E-state index contributed by atoms with van der Waals surface area (Å²) in [5, 5.41) is 0. The topological polar surface area (TPSA) is 65.5 Å². The van der Waals surface area contributed by atoms with E-state index < -0.39 is 0 Å². The van der Waals surface area contributed by atoms with Crippen molar-refractivity contribution < 1.29 is 4.79 Å². The highest BCUT2D eigenvalue weighted by Crippen LogP contribution is 2.25. The summed E-state index contributed by atoms with van der Waals surface area (Å²) in [4.78, 5) is 32.6. The number of amides is 1. The number of pyridine rings is 1. The van der Waals surface area contributed by atoms with Gasteiger partial charge < -0.3 is 4.90 Å². The summed E-state index contributed by atoms with van der Waals surface area (Å²) in [5.74, 6) is 0.327. The van der Waals surface area contributed by atoms with Gasteiger partial charge in [0.05, 0.1) is 24.4 Å². The van der Waals surface area contributed by atoms with Crippen molar-refractivity contribution in [3.8, 4) is 0 Å². The number of likely N-dealkylation sites (tertiary alicyclic amines) is 2. The Morgan fingerprint density at radius 2 is 1.93 bits per heavy atom. The van der Waals surface area contributed by atoms with Crippen LogP contribution in [0.4, 0.5) is 0 Å². The Morgan fingerprint density at radius 1 is 1.10 bits per heavy atom. The number of hydrogen-bond donors (Lipinski definition) is 0. The molecule has 0 aromatic carbocycles. The minimum absolute atomic E-state index is 0.0915. The summed E-state index contributed by atoms with van der Waals surface area (Å²) < 4.78 is 0. The lowest BCUT2D eigenvalue weighted by Crippen LogP contribution is -2.50. The average Bonchev–Trinajstić information content (AvgIpc) is 2.80. The fraction of sp³-hybridized carbons (Fsp3) is 0.565. The lowest BCUT2D eigenvalue weighted by Gasteiger charge is -2.42. The van der Waals surface area contributed by atoms with Crippen molar-refractivity contribution >= 4 is 5.91 Å². The molecule has 0 N–H and O–H groups in total. The molecule has 2 aromatic rings. The number of carbonyl (C=O) groups excluding carboxylic acids is 1. The SMILES string of the molecule is CN(Cc1cnccn1)C(=O)C1CCCN(C2CCN(Cc3cccnc3)CC2)C1. The number of nitrogens with zero attached hydrogens (tertiary/aromatic N) is 6. The molecule has 4 rings (SSSR count). The van der Waals surface area contributed by atoms with Gasteiger partial charge in [-0.15, -0.1) is 0 Å². The molecule has 0 aliphatic carbocycles. The van der Waals surface area contributed by atoms with E-state index in [1.807, 2.05) is 30.4 Å². The molecule has 1 unspecified atom stereocenters. The Morgan fingerprint density at radius 3 is 2.67 bits per heavy atom. The number of hydrogen-bond acceptors (Lipinski definition) is 6. The molecular weight excluding hydrogens is 376 g/mol. The minimum Gasteiger partial charge on any atom is -0.340 e. The van der Waals surface area contributed by atoms with E-state index in [1.165, 1.54) is 18.4 Å². The standard InChI is InChI=1S/C23H32N6O/c1-27(18-21-15-25-9-10-26-21)23(30)20-5-3-11-29(17-20)22-6-12-28(13-7-22)16-19-4-2-8-24-14-19/h2,4,8-10,14-15,20,22H,3,5-7,11-13,16-18H2,1H3. The van der Waals surface area contributed by atoms with Crippen molar-refractivity contribution in [3.05, 3.63) is 54.4 Å². The second kappa shape index (κ2) is 10.1. The van der Waals surface area contributed by atoms with Crippen molar-refractivity contribution in [1.82, 2.24) is 29.7 Å². The fourth-order valence-corrected chi connectivity index (χ4v) is 4.78. The molecule has 0 radical (unpaired) electrons. The highest BCUT2D eigenvalue weighted by atomic mass is 16.2. The van der Waals surface area contributed by atoms with E-state index in [4.69, 9.17) is 0 Å². The van der Waals surface area contributed by atoms with Gasteiger partial charge in [0.15, 0.2) is 0 Å². The van der Waals surface area contributed by atoms with Crippen molar-refractivity contribution in [1.29, 1.82) is 0 Å². The largest absolute Gasteiger partial charge is 0.340 e. The Kier molecular flexibility index (Phi) is 7.02. The van der Waals surface area contributed by atoms with Crippen LogP contribution in [-0.4, -0.2) is 74.8 Å². The average molecular weight is 409 g/mol. The predicted octanol–water partition coefficient (Wildman–Crippen LogP) is 2.21. The molecule has 2 aliphatic heterocycles. The molecule has 7 nitrogen and oxygen atoms in total. The van der Waals surface area contributed by atoms with Crippen molar-refractivity contribution in [3.63, 3.8) is 0 Å². The van der Waals surface area contributed by atoms with Gasteiger partial charge >= 0.3 is 0 Å². The molecule has 0 bridgehead atoms. The molecule has 0 spiro atoms. The molecule has 160 valence electrons. The number of piperidine rings is 2. The Balaban J connectivity index is 1.26. The van der Waals surface area contributed by atoms with Crippen LogP contribution in [0.5, 0.6) is 0 Å². The minimum atomic E-state index is 0.0915. The maximum atomic E-state index is 13.0. The number of carbonyl (C=O) groups is 1. The smallest absolute Gasteiger partial charge is 0.227 e. The van der Waals surface area contributed by atoms with Crippen LogP contribution in [0, 0.1) is 5.92 Å². The van der Waals surface area contributed by atoms with Gasteiger partial charge in [-0.25, -0.2) is 0 Å². The van der Waals surface area contributed by atoms with Crippen molar-refractivity contribution in [2.75, 3.05) is 33.2 Å². The van der Waals surface area contributed by atoms with Gasteiger partial charge in [0, 0.05) is 51.0 Å². The quantitative estimate of drug-likeness (QED) is 0.730. The van der Waals surface area contributed by atoms with E-state index in [-0.39, 0.29) is 11.8 Å². The van der Waals surface area contributed by atoms with E-state index in [1.54, 1.807) is 18.6 Å². The van der Waals surface area contributed by atoms with Crippen LogP contribution >= 0.6 is 0 Å². The Hall–Kier alpha value is -2.38. The van der Waals surface area contributed by atoms with Crippen LogP contribution < -0.4 is 0 Å². The van der Waals surface area contributed by atoms with E-state index in [0.29, 0.717) is 12.6 Å². The molecule has 1 atom stereocenters. The first-order valence-corrected chi connectivity index (χ1v) is 11.0. The first-order chi connectivity index (χ1) is 14.7. The molecule has 2 fully saturated rings. The Bertz CT molecular complexity index is 794. The first-order valence-electron chi connectivity index (χ1n) is 11.0. The van der Waals surface area contributed by atoms with Gasteiger partial charge in [-0.3, -0.25) is 29.5 Å². The first kappa shape index (κ1) is 20.9. The molecule has 1 amide bonds. The molecule has 30 heavy (non-hydrogen) atoms. The third kappa shape index (κ3) is 5.40. The molecule has 2 saturated heterocycles. The van der Waals surface area contributed by atoms with Crippen molar-refractivity contribution in [2.24, 2.45) is 5.92 Å². The maximum absolute atomic E-state index is 13.0. The van der Waals surface area contributed by atoms with Gasteiger partial charge in [0.25, 0.3) is 0 Å². The third-order valence-electron chi connectivity index (χ3n) is 6.40. The predicted molar refractivity (Wildman–Crippen MR) is 115 cm³/mol. The van der Waals surface area contributed by atoms with E-state index in [2.05, 4.69) is 30.8 Å². The lowest BCUT2D eigenvalue weighted by atomic mass is 9.93. The van der Waals surface area contributed by atoms with E-state index in [0.717, 1.165) is 51.3 Å². The highest BCUT2D eigenvalue weighted by molar-refractivity contribution is 5.78. The molecule has 0 saturated carbocycles. The monoisotopic (exact) mass is 408 g/mol. The van der Waals surface area contributed by atoms with Gasteiger partial charge in [0.2, 0.25) is 5.91 Å². The third-order valence-corrected chi connectivity index (χ3v) is 6.40. The second-order valence-electron chi connectivity index (χ2n) is 8.59. The van der Waals surface area contributed by atoms with Crippen LogP contribution in [0.3, 0.4) is 0 Å². The van der Waals surface area contributed by atoms with Crippen LogP contribution in [0.15, 0.2) is 43.1 Å². The zero-order valence-electron chi connectivity index (χ0n) is 17.9. The summed E-state index contributed by atoms with van der Waals surface area (Å²) in [6, 6.07) is 4.75. The summed E-state index contributed by atoms with van der Waals surface area (Å²) >= 11 is 0. The highest BCUT2D eigenvalue weighted by Gasteiger charge is 2.32. The summed E-state index contributed by atoms with van der Waals surface area (Å²) in [7, 11) is 1.88. The zero-order chi connectivity index (χ0) is 20.8. The van der Waals surface area contributed by atoms with Gasteiger partial charge in [-0.05, 0) is 56.9 Å². The van der Waals surface area contributed by atoms with E-state index >= 15 is 0 Å². The van der Waals surface area contributed by atoms with Gasteiger partial charge in [-0.2, -0.15) is 0 Å². The molecule has 2 aromatic heterocycles. The lowest BCUT2D eigenvalue weighted by molar-refractivity contribution is -0.137. The van der Waals surface area contributed by atoms with Crippen LogP contribution in [0.1, 0.15) is 36.9 Å². The maximum Gasteiger partial charge on any atom is 0.227 e. The molecule has 4 heterocycles. The zero-order valence-corrected chi connectivity index (χ0v) is 17.9. The Labute approximate surface area is 179 Å². The fourth-order valence-electron chi connectivity index (χ4n) is 4.78. The van der Waals surface area contributed by atoms with Crippen LogP contribution in [0.2, 0.25) is 0 Å². The normalized spacial score (nSPS) is 21.4. The summed E-state index contributed by atoms with van der Waals surface area (Å²) in [6.07, 6.45) is 13.3. The summed E-state index contributed by atoms with van der Waals surface area (Å²) in [5.41, 5.74) is 2.12. The van der Waals surface area contributed by atoms with E-state index in [9.17, 15) is 4.79 Å². The molecule has 7 heteroatoms. The number of aromatic nitrogens is 3.